The van der Waals surface area contributed by atoms with Gasteiger partial charge in [0.1, 0.15) is 6.61 Å². The lowest BCUT2D eigenvalue weighted by Crippen LogP contribution is -2.36. The molecule has 182 valence electrons. The molecule has 3 aliphatic carbocycles. The third-order valence-electron chi connectivity index (χ3n) is 8.59. The Bertz CT molecular complexity index is 1150. The van der Waals surface area contributed by atoms with Crippen molar-refractivity contribution in [2.24, 2.45) is 17.3 Å². The zero-order chi connectivity index (χ0) is 24.2. The number of piperidine rings is 1. The van der Waals surface area contributed by atoms with Crippen molar-refractivity contribution in [1.29, 1.82) is 0 Å². The Morgan fingerprint density at radius 3 is 2.37 bits per heavy atom. The van der Waals surface area contributed by atoms with E-state index in [1.54, 1.807) is 4.90 Å². The molecule has 0 aromatic heterocycles. The normalized spacial score (nSPS) is 28.2. The Morgan fingerprint density at radius 1 is 1.03 bits per heavy atom. The van der Waals surface area contributed by atoms with Crippen LogP contribution in [0.3, 0.4) is 0 Å². The fraction of sp³-hybridized carbons (Fsp3) is 0.464. The van der Waals surface area contributed by atoms with Crippen LogP contribution in [0.2, 0.25) is 0 Å². The number of carbonyl (C=O) groups excluding carboxylic acids is 2. The first-order valence-electron chi connectivity index (χ1n) is 12.6. The van der Waals surface area contributed by atoms with Gasteiger partial charge in [-0.25, -0.2) is 4.79 Å². The first kappa shape index (κ1) is 22.1. The molecule has 2 unspecified atom stereocenters. The SMILES string of the molecule is O=C(N[C@H]1CC[C@@H](CC(=O)N2CC3CC3(C(=O)O)C2)C1)OCC1c2ccccc2-c2ccccc21. The highest BCUT2D eigenvalue weighted by Gasteiger charge is 2.66. The molecule has 0 radical (unpaired) electrons. The highest BCUT2D eigenvalue weighted by molar-refractivity contribution is 5.84. The summed E-state index contributed by atoms with van der Waals surface area (Å²) in [6.07, 6.45) is 3.15. The van der Waals surface area contributed by atoms with Gasteiger partial charge in [-0.15, -0.1) is 0 Å². The monoisotopic (exact) mass is 474 g/mol. The number of likely N-dealkylation sites (tertiary alicyclic amines) is 1. The number of aliphatic carboxylic acids is 1. The number of alkyl carbamates (subject to hydrolysis) is 1. The summed E-state index contributed by atoms with van der Waals surface area (Å²) in [6.45, 7) is 1.20. The first-order valence-corrected chi connectivity index (χ1v) is 12.6. The smallest absolute Gasteiger partial charge is 0.407 e. The highest BCUT2D eigenvalue weighted by Crippen LogP contribution is 2.58. The Morgan fingerprint density at radius 2 is 1.71 bits per heavy atom. The maximum absolute atomic E-state index is 12.7. The maximum Gasteiger partial charge on any atom is 0.407 e. The molecule has 1 heterocycles. The molecule has 1 saturated heterocycles. The number of fused-ring (bicyclic) bond motifs is 4. The summed E-state index contributed by atoms with van der Waals surface area (Å²) in [5.74, 6) is -0.367. The van der Waals surface area contributed by atoms with Gasteiger partial charge < -0.3 is 20.1 Å². The van der Waals surface area contributed by atoms with Crippen molar-refractivity contribution in [3.05, 3.63) is 59.7 Å². The summed E-state index contributed by atoms with van der Waals surface area (Å²) < 4.78 is 5.67. The number of hydrogen-bond donors (Lipinski definition) is 2. The van der Waals surface area contributed by atoms with E-state index in [0.29, 0.717) is 25.9 Å². The van der Waals surface area contributed by atoms with Crippen LogP contribution in [-0.2, 0) is 14.3 Å². The molecule has 1 aliphatic heterocycles. The summed E-state index contributed by atoms with van der Waals surface area (Å²) in [7, 11) is 0. The molecule has 0 spiro atoms. The fourth-order valence-electron chi connectivity index (χ4n) is 6.58. The van der Waals surface area contributed by atoms with E-state index in [-0.39, 0.29) is 36.3 Å². The second-order valence-corrected chi connectivity index (χ2v) is 10.7. The number of carboxylic acids is 1. The summed E-state index contributed by atoms with van der Waals surface area (Å²) in [4.78, 5) is 38.5. The minimum atomic E-state index is -0.772. The van der Waals surface area contributed by atoms with Crippen LogP contribution in [0.1, 0.15) is 49.1 Å². The molecule has 2 amide bonds. The molecule has 6 rings (SSSR count). The molecule has 2 aromatic rings. The molecule has 35 heavy (non-hydrogen) atoms. The number of nitrogens with zero attached hydrogens (tertiary/aromatic N) is 1. The molecule has 4 atom stereocenters. The minimum Gasteiger partial charge on any atom is -0.481 e. The molecular weight excluding hydrogens is 444 g/mol. The van der Waals surface area contributed by atoms with E-state index < -0.39 is 17.5 Å². The molecule has 2 saturated carbocycles. The van der Waals surface area contributed by atoms with E-state index in [1.165, 1.54) is 22.3 Å². The van der Waals surface area contributed by atoms with Crippen molar-refractivity contribution in [3.63, 3.8) is 0 Å². The van der Waals surface area contributed by atoms with E-state index in [0.717, 1.165) is 19.3 Å². The second kappa shape index (κ2) is 8.40. The highest BCUT2D eigenvalue weighted by atomic mass is 16.5. The third kappa shape index (κ3) is 3.87. The van der Waals surface area contributed by atoms with Gasteiger partial charge in [0.05, 0.1) is 5.41 Å². The van der Waals surface area contributed by atoms with E-state index in [2.05, 4.69) is 29.6 Å². The van der Waals surface area contributed by atoms with Crippen LogP contribution in [0.15, 0.2) is 48.5 Å². The standard InChI is InChI=1S/C28H30N2O5/c31-25(30-14-18-13-28(18,16-30)26(32)33)12-17-9-10-19(11-17)29-27(34)35-15-24-22-7-3-1-5-20(22)21-6-2-4-8-23(21)24/h1-8,17-19,24H,9-16H2,(H,29,34)(H,32,33)/t17-,18?,19+,28?/m1/s1. The van der Waals surface area contributed by atoms with Crippen LogP contribution in [0.5, 0.6) is 0 Å². The van der Waals surface area contributed by atoms with Crippen molar-refractivity contribution in [2.45, 2.75) is 44.1 Å². The van der Waals surface area contributed by atoms with Crippen molar-refractivity contribution < 1.29 is 24.2 Å². The first-order chi connectivity index (χ1) is 16.9. The lowest BCUT2D eigenvalue weighted by atomic mass is 9.98. The van der Waals surface area contributed by atoms with Gasteiger partial charge in [-0.1, -0.05) is 48.5 Å². The number of ether oxygens (including phenoxy) is 1. The summed E-state index contributed by atoms with van der Waals surface area (Å²) in [5, 5.41) is 12.4. The van der Waals surface area contributed by atoms with E-state index in [4.69, 9.17) is 4.74 Å². The summed E-state index contributed by atoms with van der Waals surface area (Å²) >= 11 is 0. The Labute approximate surface area is 204 Å². The zero-order valence-electron chi connectivity index (χ0n) is 19.6. The molecule has 3 fully saturated rings. The van der Waals surface area contributed by atoms with Gasteiger partial charge in [-0.05, 0) is 59.8 Å². The van der Waals surface area contributed by atoms with Gasteiger partial charge in [-0.3, -0.25) is 9.59 Å². The Hall–Kier alpha value is -3.35. The Kier molecular flexibility index (Phi) is 5.31. The van der Waals surface area contributed by atoms with Crippen LogP contribution in [0.4, 0.5) is 4.79 Å². The van der Waals surface area contributed by atoms with Gasteiger partial charge in [-0.2, -0.15) is 0 Å². The number of hydrogen-bond acceptors (Lipinski definition) is 4. The van der Waals surface area contributed by atoms with E-state index in [9.17, 15) is 19.5 Å². The van der Waals surface area contributed by atoms with Crippen LogP contribution in [0, 0.1) is 17.3 Å². The number of nitrogens with one attached hydrogen (secondary N) is 1. The molecule has 4 aliphatic rings. The molecule has 2 N–H and O–H groups in total. The number of rotatable bonds is 6. The fourth-order valence-corrected chi connectivity index (χ4v) is 6.58. The predicted octanol–water partition coefficient (Wildman–Crippen LogP) is 4.02. The van der Waals surface area contributed by atoms with Crippen LogP contribution < -0.4 is 5.32 Å². The van der Waals surface area contributed by atoms with E-state index >= 15 is 0 Å². The van der Waals surface area contributed by atoms with Gasteiger partial charge in [0, 0.05) is 31.5 Å². The average molecular weight is 475 g/mol. The zero-order valence-corrected chi connectivity index (χ0v) is 19.6. The third-order valence-corrected chi connectivity index (χ3v) is 8.59. The largest absolute Gasteiger partial charge is 0.481 e. The minimum absolute atomic E-state index is 0.000734. The van der Waals surface area contributed by atoms with Crippen molar-refractivity contribution in [1.82, 2.24) is 10.2 Å². The van der Waals surface area contributed by atoms with Gasteiger partial charge in [0.15, 0.2) is 0 Å². The van der Waals surface area contributed by atoms with Crippen molar-refractivity contribution in [2.75, 3.05) is 19.7 Å². The number of carboxylic acid groups (broad SMARTS) is 1. The number of amides is 2. The molecule has 0 bridgehead atoms. The second-order valence-electron chi connectivity index (χ2n) is 10.7. The molecular formula is C28H30N2O5. The van der Waals surface area contributed by atoms with Crippen LogP contribution in [0.25, 0.3) is 11.1 Å². The number of benzene rings is 2. The topological polar surface area (TPSA) is 95.9 Å². The van der Waals surface area contributed by atoms with Crippen molar-refractivity contribution in [3.8, 4) is 11.1 Å². The van der Waals surface area contributed by atoms with Gasteiger partial charge in [0.2, 0.25) is 5.91 Å². The Balaban J connectivity index is 0.988. The van der Waals surface area contributed by atoms with Gasteiger partial charge >= 0.3 is 12.1 Å². The van der Waals surface area contributed by atoms with Crippen molar-refractivity contribution >= 4 is 18.0 Å². The number of carbonyl (C=O) groups is 3. The predicted molar refractivity (Wildman–Crippen MR) is 129 cm³/mol. The summed E-state index contributed by atoms with van der Waals surface area (Å²) in [6, 6.07) is 16.5. The van der Waals surface area contributed by atoms with Crippen LogP contribution >= 0.6 is 0 Å². The lowest BCUT2D eigenvalue weighted by Gasteiger charge is -2.21. The van der Waals surface area contributed by atoms with Crippen LogP contribution in [-0.4, -0.2) is 53.7 Å². The molecule has 7 heteroatoms. The maximum atomic E-state index is 12.7. The van der Waals surface area contributed by atoms with E-state index in [1.807, 2.05) is 24.3 Å². The lowest BCUT2D eigenvalue weighted by molar-refractivity contribution is -0.144. The van der Waals surface area contributed by atoms with Gasteiger partial charge in [0.25, 0.3) is 0 Å². The summed E-state index contributed by atoms with van der Waals surface area (Å²) in [5.41, 5.74) is 4.09. The molecule has 2 aromatic carbocycles. The molecule has 7 nitrogen and oxygen atoms in total. The quantitative estimate of drug-likeness (QED) is 0.659. The average Bonchev–Trinajstić information content (AvgIpc) is 3.15.